The van der Waals surface area contributed by atoms with Gasteiger partial charge in [0.1, 0.15) is 6.04 Å². The molecule has 0 N–H and O–H groups in total. The third-order valence-electron chi connectivity index (χ3n) is 3.90. The highest BCUT2D eigenvalue weighted by molar-refractivity contribution is 5.82. The molecule has 27 heavy (non-hydrogen) atoms. The lowest BCUT2D eigenvalue weighted by molar-refractivity contribution is -0.757. The minimum Gasteiger partial charge on any atom is -0.456 e. The van der Waals surface area contributed by atoms with Crippen LogP contribution in [0.5, 0.6) is 0 Å². The first-order valence-electron chi connectivity index (χ1n) is 8.35. The molecule has 1 atom stereocenters. The minimum atomic E-state index is -0.886. The number of esters is 1. The van der Waals surface area contributed by atoms with E-state index >= 15 is 0 Å². The van der Waals surface area contributed by atoms with Gasteiger partial charge in [-0.3, -0.25) is 4.90 Å². The number of aryl methyl sites for hydroxylation is 1. The number of ether oxygens (including phenoxy) is 2. The maximum absolute atomic E-state index is 12.2. The number of hydrogen-bond donors (Lipinski definition) is 0. The average Bonchev–Trinajstić information content (AvgIpc) is 3.21. The first kappa shape index (κ1) is 20.3. The highest BCUT2D eigenvalue weighted by Gasteiger charge is 2.36. The molecule has 0 spiro atoms. The van der Waals surface area contributed by atoms with Crippen LogP contribution >= 0.6 is 0 Å². The summed E-state index contributed by atoms with van der Waals surface area (Å²) >= 11 is 0. The van der Waals surface area contributed by atoms with Crippen molar-refractivity contribution < 1.29 is 37.8 Å². The van der Waals surface area contributed by atoms with Gasteiger partial charge in [-0.1, -0.05) is 0 Å². The summed E-state index contributed by atoms with van der Waals surface area (Å²) in [6.07, 6.45) is 1.14. The number of likely N-dealkylation sites (tertiary alicyclic amines) is 1. The Morgan fingerprint density at radius 2 is 2.00 bits per heavy atom. The number of carbonyl (C=O) groups excluding carboxylic acids is 2. The zero-order valence-electron chi connectivity index (χ0n) is 14.7. The van der Waals surface area contributed by atoms with E-state index in [1.165, 1.54) is 11.8 Å². The Kier molecular flexibility index (Phi) is 7.20. The summed E-state index contributed by atoms with van der Waals surface area (Å²) in [6, 6.07) is -0.783. The first-order valence-corrected chi connectivity index (χ1v) is 8.35. The van der Waals surface area contributed by atoms with Gasteiger partial charge in [0.25, 0.3) is 5.09 Å². The number of amides is 1. The molecular formula is C15H20N2O10. The van der Waals surface area contributed by atoms with Crippen LogP contribution in [0.2, 0.25) is 0 Å². The molecule has 1 fully saturated rings. The molecule has 0 aliphatic carbocycles. The van der Waals surface area contributed by atoms with Crippen molar-refractivity contribution in [3.05, 3.63) is 32.3 Å². The summed E-state index contributed by atoms with van der Waals surface area (Å²) in [4.78, 5) is 50.7. The number of nitrogens with zero attached hydrogens (tertiary/aromatic N) is 2. The van der Waals surface area contributed by atoms with Gasteiger partial charge in [0, 0.05) is 6.54 Å². The fraction of sp³-hybridized carbons (Fsp3) is 0.667. The molecule has 2 heterocycles. The summed E-state index contributed by atoms with van der Waals surface area (Å²) in [5, 5.41) is 9.11. The van der Waals surface area contributed by atoms with E-state index in [2.05, 4.69) is 9.25 Å². The molecule has 1 amide bonds. The van der Waals surface area contributed by atoms with Crippen molar-refractivity contribution in [3.63, 3.8) is 0 Å². The Bertz CT molecular complexity index is 724. The molecule has 1 aliphatic rings. The molecule has 12 heteroatoms. The van der Waals surface area contributed by atoms with Gasteiger partial charge in [-0.2, -0.15) is 0 Å². The molecule has 12 nitrogen and oxygen atoms in total. The molecule has 0 aromatic carbocycles. The number of unbranched alkanes of at least 4 members (excludes halogenated alkanes) is 1. The molecule has 1 unspecified atom stereocenters. The monoisotopic (exact) mass is 388 g/mol. The van der Waals surface area contributed by atoms with E-state index in [0.717, 1.165) is 0 Å². The highest BCUT2D eigenvalue weighted by Crippen LogP contribution is 2.20. The molecule has 2 rings (SSSR count). The van der Waals surface area contributed by atoms with Gasteiger partial charge in [0.2, 0.25) is 0 Å². The number of rotatable bonds is 9. The maximum Gasteiger partial charge on any atom is 0.519 e. The summed E-state index contributed by atoms with van der Waals surface area (Å²) in [6.45, 7) is 1.56. The Morgan fingerprint density at radius 3 is 2.67 bits per heavy atom. The summed E-state index contributed by atoms with van der Waals surface area (Å²) in [5.74, 6) is -1.19. The van der Waals surface area contributed by atoms with E-state index in [1.807, 2.05) is 0 Å². The maximum atomic E-state index is 12.2. The molecule has 1 aromatic heterocycles. The Labute approximate surface area is 153 Å². The van der Waals surface area contributed by atoms with Crippen molar-refractivity contribution in [2.24, 2.45) is 0 Å². The average molecular weight is 388 g/mol. The van der Waals surface area contributed by atoms with E-state index in [1.54, 1.807) is 0 Å². The van der Waals surface area contributed by atoms with Crippen molar-refractivity contribution in [2.45, 2.75) is 45.3 Å². The summed E-state index contributed by atoms with van der Waals surface area (Å²) in [5.41, 5.74) is 0. The molecule has 0 bridgehead atoms. The van der Waals surface area contributed by atoms with Gasteiger partial charge >= 0.3 is 17.9 Å². The minimum absolute atomic E-state index is 0.0531. The van der Waals surface area contributed by atoms with Gasteiger partial charge in [-0.25, -0.2) is 14.4 Å². The van der Waals surface area contributed by atoms with Gasteiger partial charge in [0.05, 0.1) is 13.2 Å². The van der Waals surface area contributed by atoms with Crippen LogP contribution in [-0.4, -0.2) is 47.8 Å². The lowest BCUT2D eigenvalue weighted by Crippen LogP contribution is -2.41. The fourth-order valence-electron chi connectivity index (χ4n) is 2.56. The van der Waals surface area contributed by atoms with Crippen molar-refractivity contribution in [1.29, 1.82) is 0 Å². The Hall–Kier alpha value is -3.05. The van der Waals surface area contributed by atoms with E-state index in [9.17, 15) is 24.5 Å². The fourth-order valence-corrected chi connectivity index (χ4v) is 2.56. The second-order valence-electron chi connectivity index (χ2n) is 5.77. The molecule has 1 saturated heterocycles. The van der Waals surface area contributed by atoms with Crippen LogP contribution in [0.15, 0.2) is 13.6 Å². The molecular weight excluding hydrogens is 368 g/mol. The molecule has 0 radical (unpaired) electrons. The quantitative estimate of drug-likeness (QED) is 0.261. The van der Waals surface area contributed by atoms with E-state index < -0.39 is 29.0 Å². The molecule has 150 valence electrons. The molecule has 0 saturated carbocycles. The normalized spacial score (nSPS) is 16.2. The lowest BCUT2D eigenvalue weighted by atomic mass is 10.2. The van der Waals surface area contributed by atoms with E-state index in [-0.39, 0.29) is 31.3 Å². The second kappa shape index (κ2) is 9.59. The SMILES string of the molecule is Cc1oc(=O)oc1COC(=O)C1CCCN1C(=O)OCCCCO[N+](=O)[O-]. The molecule has 1 aliphatic heterocycles. The predicted molar refractivity (Wildman–Crippen MR) is 85.0 cm³/mol. The number of carbonyl (C=O) groups is 2. The third-order valence-corrected chi connectivity index (χ3v) is 3.90. The number of hydrogen-bond acceptors (Lipinski definition) is 10. The van der Waals surface area contributed by atoms with Crippen molar-refractivity contribution in [3.8, 4) is 0 Å². The summed E-state index contributed by atoms with van der Waals surface area (Å²) in [7, 11) is 0. The van der Waals surface area contributed by atoms with Crippen LogP contribution in [0.4, 0.5) is 4.79 Å². The van der Waals surface area contributed by atoms with Crippen molar-refractivity contribution in [1.82, 2.24) is 4.90 Å². The second-order valence-corrected chi connectivity index (χ2v) is 5.77. The van der Waals surface area contributed by atoms with Crippen molar-refractivity contribution in [2.75, 3.05) is 19.8 Å². The van der Waals surface area contributed by atoms with E-state index in [4.69, 9.17) is 13.9 Å². The Morgan fingerprint density at radius 1 is 1.26 bits per heavy atom. The van der Waals surface area contributed by atoms with Crippen LogP contribution in [0.1, 0.15) is 37.2 Å². The zero-order chi connectivity index (χ0) is 19.8. The largest absolute Gasteiger partial charge is 0.519 e. The van der Waals surface area contributed by atoms with E-state index in [0.29, 0.717) is 32.2 Å². The summed E-state index contributed by atoms with van der Waals surface area (Å²) < 4.78 is 19.6. The smallest absolute Gasteiger partial charge is 0.456 e. The van der Waals surface area contributed by atoms with Crippen LogP contribution in [0, 0.1) is 17.0 Å². The highest BCUT2D eigenvalue weighted by atomic mass is 16.9. The topological polar surface area (TPSA) is 152 Å². The lowest BCUT2D eigenvalue weighted by Gasteiger charge is -2.22. The Balaban J connectivity index is 1.75. The van der Waals surface area contributed by atoms with Crippen molar-refractivity contribution >= 4 is 12.1 Å². The van der Waals surface area contributed by atoms with Crippen LogP contribution < -0.4 is 5.82 Å². The van der Waals surface area contributed by atoms with Gasteiger partial charge < -0.3 is 23.1 Å². The third kappa shape index (κ3) is 6.01. The molecule has 1 aromatic rings. The first-order chi connectivity index (χ1) is 12.9. The van der Waals surface area contributed by atoms with Crippen LogP contribution in [0.3, 0.4) is 0 Å². The zero-order valence-corrected chi connectivity index (χ0v) is 14.7. The van der Waals surface area contributed by atoms with Gasteiger partial charge in [0.15, 0.2) is 18.1 Å². The van der Waals surface area contributed by atoms with Crippen LogP contribution in [-0.2, 0) is 25.7 Å². The standard InChI is InChI=1S/C15H20N2O10/c1-10-12(27-15(20)26-10)9-24-13(18)11-5-4-6-16(11)14(19)23-7-2-3-8-25-17(21)22/h11H,2-9H2,1H3. The van der Waals surface area contributed by atoms with Crippen LogP contribution in [0.25, 0.3) is 0 Å². The predicted octanol–water partition coefficient (Wildman–Crippen LogP) is 1.17. The van der Waals surface area contributed by atoms with Gasteiger partial charge in [-0.05, 0) is 32.6 Å². The van der Waals surface area contributed by atoms with Gasteiger partial charge in [-0.15, -0.1) is 10.1 Å².